The molecule has 1 N–H and O–H groups in total. The molecule has 1 unspecified atom stereocenters. The van der Waals surface area contributed by atoms with Crippen molar-refractivity contribution >= 4 is 35.1 Å². The first-order valence-corrected chi connectivity index (χ1v) is 6.63. The zero-order chi connectivity index (χ0) is 14.2. The molecule has 1 atom stereocenters. The summed E-state index contributed by atoms with van der Waals surface area (Å²) in [5, 5.41) is 9.78. The van der Waals surface area contributed by atoms with Gasteiger partial charge in [-0.15, -0.1) is 0 Å². The van der Waals surface area contributed by atoms with E-state index < -0.39 is 17.4 Å². The van der Waals surface area contributed by atoms with E-state index >= 15 is 0 Å². The number of amides is 1. The molecule has 1 aliphatic rings. The van der Waals surface area contributed by atoms with Gasteiger partial charge in [0.1, 0.15) is 5.54 Å². The molecule has 19 heavy (non-hydrogen) atoms. The van der Waals surface area contributed by atoms with Crippen molar-refractivity contribution in [3.63, 3.8) is 0 Å². The van der Waals surface area contributed by atoms with Crippen molar-refractivity contribution in [1.29, 1.82) is 0 Å². The van der Waals surface area contributed by atoms with Gasteiger partial charge >= 0.3 is 5.97 Å². The van der Waals surface area contributed by atoms with Crippen LogP contribution in [0.2, 0.25) is 10.0 Å². The van der Waals surface area contributed by atoms with E-state index in [1.807, 2.05) is 0 Å². The lowest BCUT2D eigenvalue weighted by atomic mass is 9.98. The van der Waals surface area contributed by atoms with Crippen LogP contribution in [-0.4, -0.2) is 34.0 Å². The average molecular weight is 302 g/mol. The molecule has 4 nitrogen and oxygen atoms in total. The van der Waals surface area contributed by atoms with Crippen LogP contribution in [0.15, 0.2) is 18.2 Å². The summed E-state index contributed by atoms with van der Waals surface area (Å²) in [6.45, 7) is 1.94. The Hall–Kier alpha value is -1.26. The number of carboxylic acid groups (broad SMARTS) is 1. The first kappa shape index (κ1) is 14.2. The van der Waals surface area contributed by atoms with E-state index in [1.54, 1.807) is 25.1 Å². The summed E-state index contributed by atoms with van der Waals surface area (Å²) in [6, 6.07) is 4.77. The third-order valence-electron chi connectivity index (χ3n) is 3.52. The second kappa shape index (κ2) is 5.02. The molecule has 0 saturated carbocycles. The number of halogens is 2. The minimum absolute atomic E-state index is 0.167. The highest BCUT2D eigenvalue weighted by Crippen LogP contribution is 2.34. The van der Waals surface area contributed by atoms with Gasteiger partial charge in [-0.1, -0.05) is 29.3 Å². The summed E-state index contributed by atoms with van der Waals surface area (Å²) in [4.78, 5) is 25.2. The van der Waals surface area contributed by atoms with Crippen LogP contribution in [0, 0.1) is 0 Å². The van der Waals surface area contributed by atoms with E-state index in [-0.39, 0.29) is 15.6 Å². The fraction of sp³-hybridized carbons (Fsp3) is 0.385. The Morgan fingerprint density at radius 2 is 1.89 bits per heavy atom. The maximum atomic E-state index is 12.5. The van der Waals surface area contributed by atoms with Crippen LogP contribution in [0.4, 0.5) is 0 Å². The predicted octanol–water partition coefficient (Wildman–Crippen LogP) is 3.07. The van der Waals surface area contributed by atoms with Gasteiger partial charge in [-0.25, -0.2) is 4.79 Å². The quantitative estimate of drug-likeness (QED) is 0.913. The van der Waals surface area contributed by atoms with Gasteiger partial charge in [0.15, 0.2) is 0 Å². The Morgan fingerprint density at radius 3 is 2.42 bits per heavy atom. The van der Waals surface area contributed by atoms with Crippen LogP contribution in [0.3, 0.4) is 0 Å². The van der Waals surface area contributed by atoms with Crippen molar-refractivity contribution in [2.24, 2.45) is 0 Å². The number of carbonyl (C=O) groups excluding carboxylic acids is 1. The van der Waals surface area contributed by atoms with Gasteiger partial charge in [0.2, 0.25) is 0 Å². The summed E-state index contributed by atoms with van der Waals surface area (Å²) in [6.07, 6.45) is 1.08. The highest BCUT2D eigenvalue weighted by atomic mass is 35.5. The van der Waals surface area contributed by atoms with Gasteiger partial charge in [0.05, 0.1) is 15.6 Å². The summed E-state index contributed by atoms with van der Waals surface area (Å²) in [5.74, 6) is -1.44. The van der Waals surface area contributed by atoms with Gasteiger partial charge in [-0.05, 0) is 31.9 Å². The maximum absolute atomic E-state index is 12.5. The van der Waals surface area contributed by atoms with E-state index in [0.29, 0.717) is 19.4 Å². The van der Waals surface area contributed by atoms with Gasteiger partial charge in [-0.3, -0.25) is 4.79 Å². The van der Waals surface area contributed by atoms with Gasteiger partial charge in [0, 0.05) is 6.54 Å². The monoisotopic (exact) mass is 301 g/mol. The first-order chi connectivity index (χ1) is 8.88. The van der Waals surface area contributed by atoms with E-state index in [1.165, 1.54) is 4.90 Å². The molecule has 1 aromatic rings. The van der Waals surface area contributed by atoms with Crippen LogP contribution in [0.25, 0.3) is 0 Å². The van der Waals surface area contributed by atoms with Crippen molar-refractivity contribution in [3.8, 4) is 0 Å². The van der Waals surface area contributed by atoms with Crippen LogP contribution in [-0.2, 0) is 4.79 Å². The Kier molecular flexibility index (Phi) is 3.74. The van der Waals surface area contributed by atoms with Crippen molar-refractivity contribution < 1.29 is 14.7 Å². The normalized spacial score (nSPS) is 22.6. The van der Waals surface area contributed by atoms with Gasteiger partial charge in [-0.2, -0.15) is 0 Å². The number of hydrogen-bond acceptors (Lipinski definition) is 2. The molecule has 1 amide bonds. The SMILES string of the molecule is CC1(C(=O)O)CCCN1C(=O)c1c(Cl)cccc1Cl. The summed E-state index contributed by atoms with van der Waals surface area (Å²) in [5.41, 5.74) is -1.03. The summed E-state index contributed by atoms with van der Waals surface area (Å²) in [7, 11) is 0. The molecule has 0 aromatic heterocycles. The molecular weight excluding hydrogens is 289 g/mol. The molecule has 2 rings (SSSR count). The standard InChI is InChI=1S/C13H13Cl2NO3/c1-13(12(18)19)6-3-7-16(13)11(17)10-8(14)4-2-5-9(10)15/h2,4-5H,3,6-7H2,1H3,(H,18,19). The fourth-order valence-corrected chi connectivity index (χ4v) is 2.91. The zero-order valence-electron chi connectivity index (χ0n) is 10.3. The Balaban J connectivity index is 2.42. The first-order valence-electron chi connectivity index (χ1n) is 5.87. The molecule has 6 heteroatoms. The van der Waals surface area contributed by atoms with Crippen molar-refractivity contribution in [1.82, 2.24) is 4.90 Å². The van der Waals surface area contributed by atoms with E-state index in [2.05, 4.69) is 0 Å². The second-order valence-electron chi connectivity index (χ2n) is 4.74. The Bertz CT molecular complexity index is 526. The third kappa shape index (κ3) is 2.30. The maximum Gasteiger partial charge on any atom is 0.329 e. The minimum atomic E-state index is -1.19. The molecule has 0 radical (unpaired) electrons. The molecule has 102 valence electrons. The third-order valence-corrected chi connectivity index (χ3v) is 4.15. The van der Waals surface area contributed by atoms with Crippen LogP contribution < -0.4 is 0 Å². The molecule has 1 saturated heterocycles. The van der Waals surface area contributed by atoms with E-state index in [4.69, 9.17) is 23.2 Å². The topological polar surface area (TPSA) is 57.6 Å². The van der Waals surface area contributed by atoms with Crippen LogP contribution in [0.1, 0.15) is 30.1 Å². The van der Waals surface area contributed by atoms with Gasteiger partial charge in [0.25, 0.3) is 5.91 Å². The number of benzene rings is 1. The number of likely N-dealkylation sites (tertiary alicyclic amines) is 1. The van der Waals surface area contributed by atoms with Crippen LogP contribution in [0.5, 0.6) is 0 Å². The lowest BCUT2D eigenvalue weighted by Crippen LogP contribution is -2.50. The highest BCUT2D eigenvalue weighted by Gasteiger charge is 2.46. The van der Waals surface area contributed by atoms with E-state index in [9.17, 15) is 14.7 Å². The molecule has 0 bridgehead atoms. The number of carbonyl (C=O) groups is 2. The Labute approximate surface area is 120 Å². The van der Waals surface area contributed by atoms with Gasteiger partial charge < -0.3 is 10.0 Å². The Morgan fingerprint density at radius 1 is 1.32 bits per heavy atom. The smallest absolute Gasteiger partial charge is 0.329 e. The molecule has 1 aliphatic heterocycles. The largest absolute Gasteiger partial charge is 0.480 e. The number of carboxylic acids is 1. The zero-order valence-corrected chi connectivity index (χ0v) is 11.8. The molecule has 0 spiro atoms. The molecular formula is C13H13Cl2NO3. The number of hydrogen-bond donors (Lipinski definition) is 1. The molecule has 1 heterocycles. The fourth-order valence-electron chi connectivity index (χ4n) is 2.35. The van der Waals surface area contributed by atoms with Crippen molar-refractivity contribution in [2.45, 2.75) is 25.3 Å². The number of nitrogens with zero attached hydrogens (tertiary/aromatic N) is 1. The molecule has 0 aliphatic carbocycles. The number of aliphatic carboxylic acids is 1. The predicted molar refractivity (Wildman–Crippen MR) is 72.8 cm³/mol. The average Bonchev–Trinajstić information content (AvgIpc) is 2.72. The minimum Gasteiger partial charge on any atom is -0.480 e. The van der Waals surface area contributed by atoms with Crippen molar-refractivity contribution in [3.05, 3.63) is 33.8 Å². The van der Waals surface area contributed by atoms with Crippen molar-refractivity contribution in [2.75, 3.05) is 6.54 Å². The summed E-state index contributed by atoms with van der Waals surface area (Å²) < 4.78 is 0. The molecule has 1 aromatic carbocycles. The van der Waals surface area contributed by atoms with Crippen LogP contribution >= 0.6 is 23.2 Å². The lowest BCUT2D eigenvalue weighted by Gasteiger charge is -2.31. The lowest BCUT2D eigenvalue weighted by molar-refractivity contribution is -0.147. The summed E-state index contributed by atoms with van der Waals surface area (Å²) >= 11 is 12.0. The second-order valence-corrected chi connectivity index (χ2v) is 5.55. The highest BCUT2D eigenvalue weighted by molar-refractivity contribution is 6.39. The molecule has 1 fully saturated rings. The number of rotatable bonds is 2. The van der Waals surface area contributed by atoms with E-state index in [0.717, 1.165) is 0 Å².